The minimum atomic E-state index is -0.557. The van der Waals surface area contributed by atoms with Gasteiger partial charge < -0.3 is 15.5 Å². The maximum absolute atomic E-state index is 12.7. The highest BCUT2D eigenvalue weighted by Crippen LogP contribution is 2.10. The summed E-state index contributed by atoms with van der Waals surface area (Å²) < 4.78 is 0. The number of anilines is 1. The van der Waals surface area contributed by atoms with Gasteiger partial charge in [0.15, 0.2) is 0 Å². The van der Waals surface area contributed by atoms with Gasteiger partial charge in [-0.25, -0.2) is 9.97 Å². The van der Waals surface area contributed by atoms with E-state index in [1.54, 1.807) is 24.5 Å². The van der Waals surface area contributed by atoms with E-state index in [0.29, 0.717) is 12.1 Å². The Morgan fingerprint density at radius 2 is 1.69 bits per heavy atom. The molecule has 8 nitrogen and oxygen atoms in total. The summed E-state index contributed by atoms with van der Waals surface area (Å²) in [6, 6.07) is 8.62. The Hall–Kier alpha value is -3.00. The van der Waals surface area contributed by atoms with Gasteiger partial charge in [0.2, 0.25) is 11.9 Å². The Bertz CT molecular complexity index is 864. The second-order valence-corrected chi connectivity index (χ2v) is 8.58. The van der Waals surface area contributed by atoms with Crippen molar-refractivity contribution in [2.45, 2.75) is 33.2 Å². The van der Waals surface area contributed by atoms with Crippen LogP contribution in [0.3, 0.4) is 0 Å². The van der Waals surface area contributed by atoms with Crippen LogP contribution in [0.1, 0.15) is 36.2 Å². The molecule has 1 fully saturated rings. The predicted octanol–water partition coefficient (Wildman–Crippen LogP) is 1.87. The maximum atomic E-state index is 12.7. The number of aromatic nitrogens is 2. The lowest BCUT2D eigenvalue weighted by Gasteiger charge is -2.34. The van der Waals surface area contributed by atoms with Crippen LogP contribution >= 0.6 is 0 Å². The van der Waals surface area contributed by atoms with Crippen molar-refractivity contribution in [3.63, 3.8) is 0 Å². The van der Waals surface area contributed by atoms with Gasteiger partial charge in [-0.1, -0.05) is 31.5 Å². The Morgan fingerprint density at radius 1 is 1.03 bits per heavy atom. The van der Waals surface area contributed by atoms with Crippen LogP contribution in [-0.2, 0) is 4.79 Å². The monoisotopic (exact) mass is 438 g/mol. The van der Waals surface area contributed by atoms with Crippen LogP contribution in [0, 0.1) is 12.8 Å². The molecule has 1 atom stereocenters. The molecule has 172 valence electrons. The fourth-order valence-electron chi connectivity index (χ4n) is 3.71. The van der Waals surface area contributed by atoms with Gasteiger partial charge in [-0.05, 0) is 44.0 Å². The zero-order valence-electron chi connectivity index (χ0n) is 19.3. The molecule has 2 aromatic rings. The number of amides is 2. The summed E-state index contributed by atoms with van der Waals surface area (Å²) >= 11 is 0. The Balaban J connectivity index is 1.38. The summed E-state index contributed by atoms with van der Waals surface area (Å²) in [5, 5.41) is 5.88. The van der Waals surface area contributed by atoms with Gasteiger partial charge in [0.1, 0.15) is 6.04 Å². The molecule has 0 bridgehead atoms. The van der Waals surface area contributed by atoms with E-state index in [1.165, 1.54) is 0 Å². The van der Waals surface area contributed by atoms with Crippen LogP contribution in [0.5, 0.6) is 0 Å². The molecule has 2 N–H and O–H groups in total. The number of rotatable bonds is 9. The Kier molecular flexibility index (Phi) is 8.56. The molecule has 1 unspecified atom stereocenters. The largest absolute Gasteiger partial charge is 0.354 e. The van der Waals surface area contributed by atoms with Crippen LogP contribution in [0.15, 0.2) is 42.7 Å². The van der Waals surface area contributed by atoms with Crippen LogP contribution in [0.4, 0.5) is 5.95 Å². The van der Waals surface area contributed by atoms with E-state index in [2.05, 4.69) is 30.4 Å². The molecule has 2 amide bonds. The molecule has 1 aromatic carbocycles. The molecule has 32 heavy (non-hydrogen) atoms. The highest BCUT2D eigenvalue weighted by atomic mass is 16.2. The lowest BCUT2D eigenvalue weighted by molar-refractivity contribution is -0.123. The molecule has 0 radical (unpaired) electrons. The number of hydrogen-bond donors (Lipinski definition) is 2. The van der Waals surface area contributed by atoms with E-state index in [1.807, 2.05) is 39.0 Å². The lowest BCUT2D eigenvalue weighted by atomic mass is 10.0. The normalized spacial score (nSPS) is 15.4. The average Bonchev–Trinajstić information content (AvgIpc) is 2.81. The zero-order valence-corrected chi connectivity index (χ0v) is 19.3. The fourth-order valence-corrected chi connectivity index (χ4v) is 3.71. The summed E-state index contributed by atoms with van der Waals surface area (Å²) in [6.07, 6.45) is 4.40. The van der Waals surface area contributed by atoms with Gasteiger partial charge in [-0.3, -0.25) is 14.5 Å². The maximum Gasteiger partial charge on any atom is 0.251 e. The molecule has 0 spiro atoms. The van der Waals surface area contributed by atoms with E-state index in [9.17, 15) is 9.59 Å². The van der Waals surface area contributed by atoms with E-state index < -0.39 is 6.04 Å². The van der Waals surface area contributed by atoms with Crippen molar-refractivity contribution in [2.75, 3.05) is 44.2 Å². The highest BCUT2D eigenvalue weighted by molar-refractivity contribution is 5.97. The van der Waals surface area contributed by atoms with Gasteiger partial charge in [-0.2, -0.15) is 0 Å². The first-order chi connectivity index (χ1) is 15.4. The smallest absolute Gasteiger partial charge is 0.251 e. The third-order valence-corrected chi connectivity index (χ3v) is 5.71. The minimum absolute atomic E-state index is 0.00215. The fraction of sp³-hybridized carbons (Fsp3) is 0.500. The summed E-state index contributed by atoms with van der Waals surface area (Å²) in [7, 11) is 0. The Morgan fingerprint density at radius 3 is 2.31 bits per heavy atom. The van der Waals surface area contributed by atoms with Crippen LogP contribution < -0.4 is 15.5 Å². The number of nitrogens with one attached hydrogen (secondary N) is 2. The van der Waals surface area contributed by atoms with Crippen molar-refractivity contribution in [1.82, 2.24) is 25.5 Å². The third kappa shape index (κ3) is 6.75. The van der Waals surface area contributed by atoms with Crippen LogP contribution in [0.25, 0.3) is 0 Å². The van der Waals surface area contributed by atoms with Gasteiger partial charge >= 0.3 is 0 Å². The standard InChI is InChI=1S/C24H34N6O2/c1-18(2)21(28-22(31)20-8-6-19(3)7-9-20)23(32)25-12-5-13-29-14-16-30(17-15-29)24-26-10-4-11-27-24/h4,6-11,18,21H,5,12-17H2,1-3H3,(H,25,32)(H,28,31). The van der Waals surface area contributed by atoms with Gasteiger partial charge in [0, 0.05) is 50.7 Å². The average molecular weight is 439 g/mol. The van der Waals surface area contributed by atoms with Crippen molar-refractivity contribution in [2.24, 2.45) is 5.92 Å². The van der Waals surface area contributed by atoms with Crippen molar-refractivity contribution < 1.29 is 9.59 Å². The summed E-state index contributed by atoms with van der Waals surface area (Å²) in [6.45, 7) is 11.1. The first-order valence-corrected chi connectivity index (χ1v) is 11.3. The topological polar surface area (TPSA) is 90.5 Å². The highest BCUT2D eigenvalue weighted by Gasteiger charge is 2.24. The van der Waals surface area contributed by atoms with Crippen molar-refractivity contribution in [1.29, 1.82) is 0 Å². The first-order valence-electron chi connectivity index (χ1n) is 11.3. The van der Waals surface area contributed by atoms with Crippen LogP contribution in [0.2, 0.25) is 0 Å². The summed E-state index contributed by atoms with van der Waals surface area (Å²) in [5.74, 6) is 0.426. The molecule has 1 aromatic heterocycles. The molecular weight excluding hydrogens is 404 g/mol. The van der Waals surface area contributed by atoms with Crippen molar-refractivity contribution >= 4 is 17.8 Å². The first kappa shape index (κ1) is 23.7. The number of piperazine rings is 1. The molecule has 3 rings (SSSR count). The Labute approximate surface area is 190 Å². The van der Waals surface area contributed by atoms with E-state index in [-0.39, 0.29) is 17.7 Å². The van der Waals surface area contributed by atoms with Crippen LogP contribution in [-0.4, -0.2) is 72.0 Å². The number of nitrogens with zero attached hydrogens (tertiary/aromatic N) is 4. The van der Waals surface area contributed by atoms with Gasteiger partial charge in [0.05, 0.1) is 0 Å². The number of benzene rings is 1. The van der Waals surface area contributed by atoms with Crippen molar-refractivity contribution in [3.8, 4) is 0 Å². The van der Waals surface area contributed by atoms with E-state index in [0.717, 1.165) is 50.7 Å². The molecular formula is C24H34N6O2. The second-order valence-electron chi connectivity index (χ2n) is 8.58. The predicted molar refractivity (Wildman–Crippen MR) is 126 cm³/mol. The molecule has 1 aliphatic rings. The number of hydrogen-bond acceptors (Lipinski definition) is 6. The van der Waals surface area contributed by atoms with Crippen molar-refractivity contribution in [3.05, 3.63) is 53.9 Å². The van der Waals surface area contributed by atoms with E-state index >= 15 is 0 Å². The van der Waals surface area contributed by atoms with Gasteiger partial charge in [-0.15, -0.1) is 0 Å². The second kappa shape index (κ2) is 11.6. The van der Waals surface area contributed by atoms with E-state index in [4.69, 9.17) is 0 Å². The molecule has 2 heterocycles. The molecule has 1 aliphatic heterocycles. The molecule has 1 saturated heterocycles. The molecule has 8 heteroatoms. The summed E-state index contributed by atoms with van der Waals surface area (Å²) in [4.78, 5) is 38.4. The lowest BCUT2D eigenvalue weighted by Crippen LogP contribution is -2.50. The third-order valence-electron chi connectivity index (χ3n) is 5.71. The molecule has 0 aliphatic carbocycles. The minimum Gasteiger partial charge on any atom is -0.354 e. The number of aryl methyl sites for hydroxylation is 1. The SMILES string of the molecule is Cc1ccc(C(=O)NC(C(=O)NCCCN2CCN(c3ncccn3)CC2)C(C)C)cc1. The van der Waals surface area contributed by atoms with Gasteiger partial charge in [0.25, 0.3) is 5.91 Å². The zero-order chi connectivity index (χ0) is 22.9. The number of carbonyl (C=O) groups excluding carboxylic acids is 2. The summed E-state index contributed by atoms with van der Waals surface area (Å²) in [5.41, 5.74) is 1.66. The molecule has 0 saturated carbocycles. The quantitative estimate of drug-likeness (QED) is 0.581. The number of carbonyl (C=O) groups is 2.